The molecule has 7 nitrogen and oxygen atoms in total. The second-order valence-corrected chi connectivity index (χ2v) is 7.19. The Morgan fingerprint density at radius 3 is 2.96 bits per heavy atom. The Bertz CT molecular complexity index is 937. The summed E-state index contributed by atoms with van der Waals surface area (Å²) in [6, 6.07) is 7.92. The lowest BCUT2D eigenvalue weighted by molar-refractivity contribution is 0.0382. The molecule has 0 aromatic carbocycles. The molecule has 0 aliphatic carbocycles. The van der Waals surface area contributed by atoms with Gasteiger partial charge in [-0.25, -0.2) is 0 Å². The fourth-order valence-electron chi connectivity index (χ4n) is 2.76. The highest BCUT2D eigenvalue weighted by Crippen LogP contribution is 2.31. The number of hydrogen-bond acceptors (Lipinski definition) is 8. The number of thiol groups is 1. The summed E-state index contributed by atoms with van der Waals surface area (Å²) in [6.45, 7) is 4.77. The van der Waals surface area contributed by atoms with Gasteiger partial charge in [-0.05, 0) is 37.4 Å². The molecule has 1 aliphatic heterocycles. The van der Waals surface area contributed by atoms with Crippen molar-refractivity contribution in [2.75, 3.05) is 0 Å². The van der Waals surface area contributed by atoms with Crippen LogP contribution in [-0.2, 0) is 11.4 Å². The van der Waals surface area contributed by atoms with E-state index in [0.717, 1.165) is 34.3 Å². The van der Waals surface area contributed by atoms with Crippen molar-refractivity contribution in [2.24, 2.45) is 0 Å². The second kappa shape index (κ2) is 7.10. The van der Waals surface area contributed by atoms with Crippen molar-refractivity contribution in [2.45, 2.75) is 25.8 Å². The Morgan fingerprint density at radius 2 is 2.23 bits per heavy atom. The van der Waals surface area contributed by atoms with Crippen LogP contribution in [0.2, 0.25) is 0 Å². The minimum Gasteiger partial charge on any atom is -0.387 e. The largest absolute Gasteiger partial charge is 0.387 e. The summed E-state index contributed by atoms with van der Waals surface area (Å²) in [5, 5.41) is 12.2. The first-order chi connectivity index (χ1) is 12.7. The molecule has 1 unspecified atom stereocenters. The first-order valence-corrected chi connectivity index (χ1v) is 9.57. The van der Waals surface area contributed by atoms with Gasteiger partial charge >= 0.3 is 0 Å². The summed E-state index contributed by atoms with van der Waals surface area (Å²) < 4.78 is 2.06. The average Bonchev–Trinajstić information content (AvgIpc) is 3.40. The molecule has 0 spiro atoms. The highest BCUT2D eigenvalue weighted by molar-refractivity contribution is 7.80. The number of rotatable bonds is 5. The molecule has 1 aliphatic rings. The maximum atomic E-state index is 5.61. The van der Waals surface area contributed by atoms with Crippen LogP contribution in [0, 0.1) is 6.92 Å². The molecule has 26 heavy (non-hydrogen) atoms. The summed E-state index contributed by atoms with van der Waals surface area (Å²) in [7, 11) is 0. The van der Waals surface area contributed by atoms with Gasteiger partial charge in [0.15, 0.2) is 22.8 Å². The Balaban J connectivity index is 1.62. The zero-order valence-electron chi connectivity index (χ0n) is 14.3. The van der Waals surface area contributed by atoms with Crippen LogP contribution in [-0.4, -0.2) is 24.8 Å². The van der Waals surface area contributed by atoms with Crippen molar-refractivity contribution in [3.05, 3.63) is 59.1 Å². The molecule has 0 saturated carbocycles. The molecule has 0 amide bonds. The Hall–Kier alpha value is -2.36. The molecule has 0 fully saturated rings. The average molecular weight is 387 g/mol. The van der Waals surface area contributed by atoms with E-state index in [4.69, 9.17) is 17.5 Å². The predicted octanol–water partition coefficient (Wildman–Crippen LogP) is 3.41. The number of aryl methyl sites for hydroxylation is 1. The monoisotopic (exact) mass is 386 g/mol. The third-order valence-electron chi connectivity index (χ3n) is 4.03. The van der Waals surface area contributed by atoms with Gasteiger partial charge in [-0.2, -0.15) is 0 Å². The molecule has 3 aromatic rings. The van der Waals surface area contributed by atoms with Crippen molar-refractivity contribution in [1.82, 2.24) is 30.3 Å². The van der Waals surface area contributed by atoms with E-state index in [2.05, 4.69) is 32.3 Å². The molecule has 3 aromatic heterocycles. The summed E-state index contributed by atoms with van der Waals surface area (Å²) in [4.78, 5) is 10.9. The third kappa shape index (κ3) is 3.09. The fourth-order valence-corrected chi connectivity index (χ4v) is 3.79. The van der Waals surface area contributed by atoms with Crippen LogP contribution in [0.5, 0.6) is 0 Å². The predicted molar refractivity (Wildman–Crippen MR) is 104 cm³/mol. The van der Waals surface area contributed by atoms with E-state index in [1.54, 1.807) is 22.5 Å². The van der Waals surface area contributed by atoms with Crippen LogP contribution in [0.25, 0.3) is 16.5 Å². The lowest BCUT2D eigenvalue weighted by atomic mass is 10.2. The molecule has 0 radical (unpaired) electrons. The van der Waals surface area contributed by atoms with Crippen LogP contribution in [0.3, 0.4) is 0 Å². The molecule has 1 atom stereocenters. The molecule has 0 bridgehead atoms. The van der Waals surface area contributed by atoms with Gasteiger partial charge < -0.3 is 9.40 Å². The number of aromatic nitrogens is 4. The van der Waals surface area contributed by atoms with E-state index in [-0.39, 0.29) is 5.37 Å². The van der Waals surface area contributed by atoms with Crippen LogP contribution >= 0.6 is 24.0 Å². The zero-order chi connectivity index (χ0) is 18.1. The van der Waals surface area contributed by atoms with Crippen molar-refractivity contribution in [3.63, 3.8) is 0 Å². The third-order valence-corrected chi connectivity index (χ3v) is 5.38. The van der Waals surface area contributed by atoms with E-state index in [0.29, 0.717) is 5.76 Å². The molecule has 0 saturated heterocycles. The standard InChI is InChI=1S/C17H18N6OS2/c1-3-22-15(14-5-4-8-26-14)19-20-16(22)17(25)23-10-13(24-21-23)12-6-7-18-11(2)9-12/h4-10,17,21,25H,3H2,1-2H3. The smallest absolute Gasteiger partial charge is 0.174 e. The summed E-state index contributed by atoms with van der Waals surface area (Å²) in [6.07, 6.45) is 3.63. The van der Waals surface area contributed by atoms with Crippen LogP contribution in [0.4, 0.5) is 0 Å². The Kier molecular flexibility index (Phi) is 4.66. The minimum atomic E-state index is -0.350. The van der Waals surface area contributed by atoms with Gasteiger partial charge in [-0.3, -0.25) is 9.99 Å². The van der Waals surface area contributed by atoms with E-state index in [1.165, 1.54) is 0 Å². The van der Waals surface area contributed by atoms with E-state index < -0.39 is 0 Å². The normalized spacial score (nSPS) is 15.0. The quantitative estimate of drug-likeness (QED) is 0.655. The van der Waals surface area contributed by atoms with Crippen molar-refractivity contribution >= 4 is 29.7 Å². The van der Waals surface area contributed by atoms with Gasteiger partial charge in [0, 0.05) is 24.0 Å². The van der Waals surface area contributed by atoms with E-state index in [9.17, 15) is 0 Å². The van der Waals surface area contributed by atoms with Crippen molar-refractivity contribution < 1.29 is 4.84 Å². The van der Waals surface area contributed by atoms with Crippen molar-refractivity contribution in [1.29, 1.82) is 0 Å². The lowest BCUT2D eigenvalue weighted by Gasteiger charge is -2.21. The maximum absolute atomic E-state index is 5.61. The summed E-state index contributed by atoms with van der Waals surface area (Å²) in [5.41, 5.74) is 4.76. The minimum absolute atomic E-state index is 0.350. The van der Waals surface area contributed by atoms with Gasteiger partial charge in [0.25, 0.3) is 0 Å². The van der Waals surface area contributed by atoms with E-state index >= 15 is 0 Å². The number of nitrogens with zero attached hydrogens (tertiary/aromatic N) is 5. The molecule has 4 rings (SSSR count). The molecular weight excluding hydrogens is 368 g/mol. The number of hydrogen-bond donors (Lipinski definition) is 2. The van der Waals surface area contributed by atoms with Gasteiger partial charge in [0.2, 0.25) is 0 Å². The second-order valence-electron chi connectivity index (χ2n) is 5.76. The Labute approximate surface area is 160 Å². The fraction of sp³-hybridized carbons (Fsp3) is 0.235. The van der Waals surface area contributed by atoms with E-state index in [1.807, 2.05) is 42.8 Å². The molecule has 9 heteroatoms. The van der Waals surface area contributed by atoms with Gasteiger partial charge in [-0.1, -0.05) is 11.7 Å². The van der Waals surface area contributed by atoms with Gasteiger partial charge in [0.05, 0.1) is 11.1 Å². The van der Waals surface area contributed by atoms with Crippen LogP contribution in [0.15, 0.2) is 42.0 Å². The first kappa shape index (κ1) is 17.1. The van der Waals surface area contributed by atoms with Gasteiger partial charge in [0.1, 0.15) is 0 Å². The highest BCUT2D eigenvalue weighted by atomic mass is 32.1. The molecule has 4 heterocycles. The topological polar surface area (TPSA) is 68.1 Å². The molecule has 1 N–H and O–H groups in total. The lowest BCUT2D eigenvalue weighted by Crippen LogP contribution is -2.31. The zero-order valence-corrected chi connectivity index (χ0v) is 16.0. The number of pyridine rings is 1. The highest BCUT2D eigenvalue weighted by Gasteiger charge is 2.27. The number of nitrogens with one attached hydrogen (secondary N) is 1. The number of hydrazine groups is 1. The van der Waals surface area contributed by atoms with Crippen LogP contribution in [0.1, 0.15) is 29.4 Å². The van der Waals surface area contributed by atoms with Crippen LogP contribution < -0.4 is 5.59 Å². The first-order valence-electron chi connectivity index (χ1n) is 8.18. The maximum Gasteiger partial charge on any atom is 0.174 e. The summed E-state index contributed by atoms with van der Waals surface area (Å²) in [5.74, 6) is 2.31. The van der Waals surface area contributed by atoms with Gasteiger partial charge in [-0.15, -0.1) is 34.2 Å². The SMILES string of the molecule is CCn1c(-c2cccs2)nnc1C(S)N1C=C(c2ccnc(C)c2)ON1. The van der Waals surface area contributed by atoms with Crippen molar-refractivity contribution in [3.8, 4) is 10.7 Å². The Morgan fingerprint density at radius 1 is 1.35 bits per heavy atom. The molecular formula is C17H18N6OS2. The number of thiophene rings is 1. The molecule has 134 valence electrons. The summed E-state index contributed by atoms with van der Waals surface area (Å²) >= 11 is 6.37.